The molecular formula is C26H25N3O5. The van der Waals surface area contributed by atoms with E-state index in [0.29, 0.717) is 13.0 Å². The molecule has 3 aliphatic rings. The lowest BCUT2D eigenvalue weighted by Crippen LogP contribution is -2.49. The summed E-state index contributed by atoms with van der Waals surface area (Å²) in [7, 11) is 0. The minimum Gasteiger partial charge on any atom is -0.352 e. The first-order valence-corrected chi connectivity index (χ1v) is 11.5. The number of rotatable bonds is 6. The number of para-hydroxylation sites is 1. The summed E-state index contributed by atoms with van der Waals surface area (Å²) in [5, 5.41) is 11.1. The highest BCUT2D eigenvalue weighted by molar-refractivity contribution is 6.14. The van der Waals surface area contributed by atoms with E-state index >= 15 is 0 Å². The molecule has 34 heavy (non-hydrogen) atoms. The summed E-state index contributed by atoms with van der Waals surface area (Å²) < 4.78 is 0. The number of allylic oxidation sites excluding steroid dienone is 1. The van der Waals surface area contributed by atoms with Gasteiger partial charge in [0.15, 0.2) is 5.78 Å². The number of amides is 2. The molecule has 0 saturated carbocycles. The summed E-state index contributed by atoms with van der Waals surface area (Å²) in [5.74, 6) is -2.27. The lowest BCUT2D eigenvalue weighted by Gasteiger charge is -2.38. The van der Waals surface area contributed by atoms with Crippen molar-refractivity contribution in [2.75, 3.05) is 11.4 Å². The van der Waals surface area contributed by atoms with Crippen LogP contribution in [0.1, 0.15) is 42.6 Å². The number of non-ortho nitro benzene ring substituents is 1. The summed E-state index contributed by atoms with van der Waals surface area (Å²) in [5.41, 5.74) is 2.96. The van der Waals surface area contributed by atoms with Gasteiger partial charge in [0, 0.05) is 35.5 Å². The average Bonchev–Trinajstić information content (AvgIpc) is 3.30. The van der Waals surface area contributed by atoms with Crippen LogP contribution >= 0.6 is 0 Å². The summed E-state index contributed by atoms with van der Waals surface area (Å²) in [6.45, 7) is 4.33. The van der Waals surface area contributed by atoms with Crippen molar-refractivity contribution in [2.45, 2.75) is 38.8 Å². The Bertz CT molecular complexity index is 1240. The third-order valence-electron chi connectivity index (χ3n) is 7.21. The Labute approximate surface area is 197 Å². The highest BCUT2D eigenvalue weighted by atomic mass is 16.6. The number of nitrogens with zero attached hydrogens (tertiary/aromatic N) is 3. The van der Waals surface area contributed by atoms with Crippen molar-refractivity contribution < 1.29 is 19.3 Å². The van der Waals surface area contributed by atoms with Crippen LogP contribution in [-0.2, 0) is 9.59 Å². The van der Waals surface area contributed by atoms with Crippen molar-refractivity contribution in [2.24, 2.45) is 11.8 Å². The van der Waals surface area contributed by atoms with E-state index in [4.69, 9.17) is 0 Å². The molecular weight excluding hydrogens is 434 g/mol. The predicted octanol–water partition coefficient (Wildman–Crippen LogP) is 3.85. The molecule has 2 fully saturated rings. The largest absolute Gasteiger partial charge is 0.352 e. The van der Waals surface area contributed by atoms with Crippen molar-refractivity contribution in [3.05, 3.63) is 75.8 Å². The van der Waals surface area contributed by atoms with E-state index in [1.807, 2.05) is 49.1 Å². The Morgan fingerprint density at radius 1 is 1.03 bits per heavy atom. The smallest absolute Gasteiger partial charge is 0.269 e. The van der Waals surface area contributed by atoms with Gasteiger partial charge in [0.2, 0.25) is 11.8 Å². The SMILES string of the molecule is CCCCN1C(=O)[C@@H]2[C@H](C1=O)[C@@H]1C=C(C)c3ccccc3N1[C@@H]2C(=O)c1ccc([N+](=O)[O-])cc1. The molecule has 4 atom stereocenters. The molecule has 8 nitrogen and oxygen atoms in total. The number of carbonyl (C=O) groups is 3. The van der Waals surface area contributed by atoms with Crippen molar-refractivity contribution >= 4 is 34.5 Å². The van der Waals surface area contributed by atoms with Crippen LogP contribution in [0.25, 0.3) is 5.57 Å². The summed E-state index contributed by atoms with van der Waals surface area (Å²) in [4.78, 5) is 54.7. The van der Waals surface area contributed by atoms with E-state index in [0.717, 1.165) is 23.2 Å². The fourth-order valence-electron chi connectivity index (χ4n) is 5.61. The van der Waals surface area contributed by atoms with Gasteiger partial charge in [-0.15, -0.1) is 0 Å². The number of carbonyl (C=O) groups excluding carboxylic acids is 3. The third-order valence-corrected chi connectivity index (χ3v) is 7.21. The molecule has 174 valence electrons. The van der Waals surface area contributed by atoms with E-state index in [-0.39, 0.29) is 28.8 Å². The van der Waals surface area contributed by atoms with Gasteiger partial charge in [-0.1, -0.05) is 37.6 Å². The molecule has 3 heterocycles. The van der Waals surface area contributed by atoms with Crippen LogP contribution in [0.5, 0.6) is 0 Å². The second-order valence-electron chi connectivity index (χ2n) is 9.11. The van der Waals surface area contributed by atoms with Gasteiger partial charge in [-0.05, 0) is 37.1 Å². The van der Waals surface area contributed by atoms with Crippen LogP contribution in [0.3, 0.4) is 0 Å². The van der Waals surface area contributed by atoms with Crippen LogP contribution in [0.15, 0.2) is 54.6 Å². The highest BCUT2D eigenvalue weighted by Crippen LogP contribution is 2.50. The average molecular weight is 460 g/mol. The van der Waals surface area contributed by atoms with Gasteiger partial charge < -0.3 is 4.90 Å². The van der Waals surface area contributed by atoms with Crippen molar-refractivity contribution in [1.29, 1.82) is 0 Å². The van der Waals surface area contributed by atoms with E-state index in [2.05, 4.69) is 0 Å². The van der Waals surface area contributed by atoms with E-state index < -0.39 is 28.8 Å². The molecule has 0 N–H and O–H groups in total. The summed E-state index contributed by atoms with van der Waals surface area (Å²) >= 11 is 0. The first kappa shape index (κ1) is 22.0. The molecule has 0 aliphatic carbocycles. The van der Waals surface area contributed by atoms with Gasteiger partial charge in [0.1, 0.15) is 6.04 Å². The predicted molar refractivity (Wildman–Crippen MR) is 126 cm³/mol. The maximum absolute atomic E-state index is 13.9. The number of ketones is 1. The van der Waals surface area contributed by atoms with Crippen molar-refractivity contribution in [3.8, 4) is 0 Å². The van der Waals surface area contributed by atoms with Crippen LogP contribution in [0, 0.1) is 22.0 Å². The fourth-order valence-corrected chi connectivity index (χ4v) is 5.61. The zero-order chi connectivity index (χ0) is 24.1. The highest BCUT2D eigenvalue weighted by Gasteiger charge is 2.64. The number of Topliss-reactive ketones (excluding diaryl/α,β-unsaturated/α-hetero) is 1. The number of imide groups is 1. The first-order valence-electron chi connectivity index (χ1n) is 11.5. The number of hydrogen-bond donors (Lipinski definition) is 0. The maximum atomic E-state index is 13.9. The van der Waals surface area contributed by atoms with Crippen LogP contribution in [0.4, 0.5) is 11.4 Å². The molecule has 0 bridgehead atoms. The number of hydrogen-bond acceptors (Lipinski definition) is 6. The van der Waals surface area contributed by atoms with Crippen LogP contribution in [0.2, 0.25) is 0 Å². The van der Waals surface area contributed by atoms with E-state index in [1.165, 1.54) is 29.2 Å². The Balaban J connectivity index is 1.62. The number of nitro benzene ring substituents is 1. The molecule has 8 heteroatoms. The van der Waals surface area contributed by atoms with Gasteiger partial charge in [0.05, 0.1) is 22.8 Å². The standard InChI is InChI=1S/C26H25N3O5/c1-3-4-13-27-25(31)21-20-14-15(2)18-7-5-6-8-19(18)28(20)23(22(21)26(27)32)24(30)16-9-11-17(12-10-16)29(33)34/h5-12,14,20-23H,3-4,13H2,1-2H3/t20-,21+,22+,23-/m0/s1. The molecule has 5 rings (SSSR count). The van der Waals surface area contributed by atoms with E-state index in [1.54, 1.807) is 0 Å². The monoisotopic (exact) mass is 459 g/mol. The lowest BCUT2D eigenvalue weighted by molar-refractivity contribution is -0.384. The van der Waals surface area contributed by atoms with Gasteiger partial charge in [-0.2, -0.15) is 0 Å². The molecule has 0 aromatic heterocycles. The topological polar surface area (TPSA) is 101 Å². The number of likely N-dealkylation sites (tertiary alicyclic amines) is 1. The molecule has 0 radical (unpaired) electrons. The molecule has 0 spiro atoms. The maximum Gasteiger partial charge on any atom is 0.269 e. The Hall–Kier alpha value is -3.81. The Morgan fingerprint density at radius 2 is 1.71 bits per heavy atom. The van der Waals surface area contributed by atoms with E-state index in [9.17, 15) is 24.5 Å². The van der Waals surface area contributed by atoms with Crippen LogP contribution < -0.4 is 4.90 Å². The first-order chi connectivity index (χ1) is 16.3. The number of unbranched alkanes of at least 4 members (excludes halogenated alkanes) is 1. The van der Waals surface area contributed by atoms with Crippen molar-refractivity contribution in [1.82, 2.24) is 4.90 Å². The summed E-state index contributed by atoms with van der Waals surface area (Å²) in [6.07, 6.45) is 3.56. The molecule has 3 aliphatic heterocycles. The molecule has 2 aromatic carbocycles. The molecule has 0 unspecified atom stereocenters. The zero-order valence-electron chi connectivity index (χ0n) is 19.0. The quantitative estimate of drug-likeness (QED) is 0.281. The Kier molecular flexibility index (Phi) is 5.31. The number of benzene rings is 2. The molecule has 2 saturated heterocycles. The van der Waals surface area contributed by atoms with Gasteiger partial charge in [0.25, 0.3) is 5.69 Å². The van der Waals surface area contributed by atoms with Crippen LogP contribution in [-0.4, -0.2) is 46.0 Å². The lowest BCUT2D eigenvalue weighted by atomic mass is 9.85. The zero-order valence-corrected chi connectivity index (χ0v) is 19.0. The summed E-state index contributed by atoms with van der Waals surface area (Å²) in [6, 6.07) is 11.8. The number of anilines is 1. The third kappa shape index (κ3) is 3.16. The number of nitro groups is 1. The van der Waals surface area contributed by atoms with Gasteiger partial charge in [-0.25, -0.2) is 0 Å². The molecule has 2 amide bonds. The number of fused-ring (bicyclic) bond motifs is 5. The second kappa shape index (κ2) is 8.20. The Morgan fingerprint density at radius 3 is 2.38 bits per heavy atom. The minimum atomic E-state index is -0.870. The van der Waals surface area contributed by atoms with Crippen molar-refractivity contribution in [3.63, 3.8) is 0 Å². The van der Waals surface area contributed by atoms with Gasteiger partial charge >= 0.3 is 0 Å². The minimum absolute atomic E-state index is 0.113. The second-order valence-corrected chi connectivity index (χ2v) is 9.11. The fraction of sp³-hybridized carbons (Fsp3) is 0.346. The van der Waals surface area contributed by atoms with Gasteiger partial charge in [-0.3, -0.25) is 29.4 Å². The normalized spacial score (nSPS) is 25.1. The molecule has 2 aromatic rings.